The van der Waals surface area contributed by atoms with Crippen LogP contribution in [0.1, 0.15) is 21.5 Å². The predicted molar refractivity (Wildman–Crippen MR) is 151 cm³/mol. The van der Waals surface area contributed by atoms with Crippen molar-refractivity contribution in [3.05, 3.63) is 100 Å². The summed E-state index contributed by atoms with van der Waals surface area (Å²) in [6.45, 7) is 3.25. The molecule has 10 nitrogen and oxygen atoms in total. The van der Waals surface area contributed by atoms with E-state index >= 15 is 0 Å². The van der Waals surface area contributed by atoms with Gasteiger partial charge in [0.15, 0.2) is 0 Å². The van der Waals surface area contributed by atoms with E-state index < -0.39 is 29.6 Å². The Morgan fingerprint density at radius 1 is 1.10 bits per heavy atom. The molecule has 0 spiro atoms. The Labute approximate surface area is 228 Å². The van der Waals surface area contributed by atoms with Gasteiger partial charge in [0, 0.05) is 35.5 Å². The number of carbonyl (C=O) groups excluding carboxylic acids is 3. The van der Waals surface area contributed by atoms with Gasteiger partial charge in [0.2, 0.25) is 11.8 Å². The first-order chi connectivity index (χ1) is 18.7. The van der Waals surface area contributed by atoms with Crippen LogP contribution in [0.25, 0.3) is 6.08 Å². The quantitative estimate of drug-likeness (QED) is 0.0949. The number of rotatable bonds is 11. The van der Waals surface area contributed by atoms with Gasteiger partial charge in [-0.2, -0.15) is 5.10 Å². The fourth-order valence-corrected chi connectivity index (χ4v) is 3.70. The van der Waals surface area contributed by atoms with E-state index in [4.69, 9.17) is 23.2 Å². The summed E-state index contributed by atoms with van der Waals surface area (Å²) in [6.07, 6.45) is 4.07. The molecule has 0 saturated heterocycles. The molecule has 0 aliphatic carbocycles. The second-order valence-corrected chi connectivity index (χ2v) is 8.55. The Bertz CT molecular complexity index is 1430. The Morgan fingerprint density at radius 2 is 1.85 bits per heavy atom. The van der Waals surface area contributed by atoms with Gasteiger partial charge in [-0.15, -0.1) is 5.10 Å². The number of anilines is 2. The summed E-state index contributed by atoms with van der Waals surface area (Å²) >= 11 is 6.11. The number of nitrogens with two attached hydrogens (primary N) is 2. The van der Waals surface area contributed by atoms with Crippen molar-refractivity contribution in [2.24, 2.45) is 21.8 Å². The van der Waals surface area contributed by atoms with E-state index in [1.54, 1.807) is 42.5 Å². The topological polar surface area (TPSA) is 155 Å². The number of amides is 3. The standard InChI is InChI=1S/C27H25ClFN7O3/c1-32-33-16-36(31)24-11-8-19(28)14-18(24)7-12-25(37)35-23(13-17-5-3-2-4-6-17)27(39)34-20-9-10-21(26(30)38)22(29)15-20/h2-12,14-16,23H,1,13,31H2,(H2,30,38)(H,34,39)(H,35,37)/b12-7+,33-16-/t23-/m0/s1. The van der Waals surface area contributed by atoms with Gasteiger partial charge in [0.25, 0.3) is 5.91 Å². The van der Waals surface area contributed by atoms with E-state index in [9.17, 15) is 18.8 Å². The van der Waals surface area contributed by atoms with E-state index in [0.717, 1.165) is 11.6 Å². The molecular weight excluding hydrogens is 525 g/mol. The minimum absolute atomic E-state index is 0.0904. The molecule has 3 rings (SSSR count). The Hall–Kier alpha value is -4.87. The number of hydrogen-bond acceptors (Lipinski definition) is 6. The van der Waals surface area contributed by atoms with Gasteiger partial charge in [-0.25, -0.2) is 10.2 Å². The molecule has 3 aromatic rings. The van der Waals surface area contributed by atoms with Crippen LogP contribution in [0.3, 0.4) is 0 Å². The molecule has 1 atom stereocenters. The number of nitrogens with zero attached hydrogens (tertiary/aromatic N) is 3. The number of carbonyl (C=O) groups is 3. The molecule has 0 aromatic heterocycles. The molecule has 0 radical (unpaired) electrons. The van der Waals surface area contributed by atoms with Crippen LogP contribution in [0.2, 0.25) is 5.02 Å². The van der Waals surface area contributed by atoms with Crippen LogP contribution in [-0.2, 0) is 16.0 Å². The molecular formula is C27H25ClFN7O3. The lowest BCUT2D eigenvalue weighted by molar-refractivity contribution is -0.123. The number of nitrogens with one attached hydrogen (secondary N) is 2. The van der Waals surface area contributed by atoms with Gasteiger partial charge >= 0.3 is 0 Å². The Kier molecular flexibility index (Phi) is 10.0. The first-order valence-electron chi connectivity index (χ1n) is 11.4. The van der Waals surface area contributed by atoms with Crippen molar-refractivity contribution >= 4 is 59.8 Å². The lowest BCUT2D eigenvalue weighted by Gasteiger charge is -2.18. The van der Waals surface area contributed by atoms with E-state index in [1.807, 2.05) is 6.07 Å². The van der Waals surface area contributed by atoms with Crippen molar-refractivity contribution in [1.82, 2.24) is 5.32 Å². The summed E-state index contributed by atoms with van der Waals surface area (Å²) in [5.41, 5.74) is 6.65. The smallest absolute Gasteiger partial charge is 0.251 e. The number of benzene rings is 3. The number of primary amides is 1. The van der Waals surface area contributed by atoms with Crippen LogP contribution >= 0.6 is 11.6 Å². The van der Waals surface area contributed by atoms with Crippen molar-refractivity contribution in [3.63, 3.8) is 0 Å². The minimum Gasteiger partial charge on any atom is -0.366 e. The minimum atomic E-state index is -1.03. The third kappa shape index (κ3) is 8.32. The molecule has 0 fully saturated rings. The third-order valence-electron chi connectivity index (χ3n) is 5.36. The average Bonchev–Trinajstić information content (AvgIpc) is 2.90. The first kappa shape index (κ1) is 28.7. The Morgan fingerprint density at radius 3 is 2.51 bits per heavy atom. The Balaban J connectivity index is 1.81. The van der Waals surface area contributed by atoms with Crippen molar-refractivity contribution < 1.29 is 18.8 Å². The lowest BCUT2D eigenvalue weighted by atomic mass is 10.0. The lowest BCUT2D eigenvalue weighted by Crippen LogP contribution is -2.44. The van der Waals surface area contributed by atoms with Crippen LogP contribution < -0.4 is 27.2 Å². The molecule has 3 aromatic carbocycles. The number of hydrogen-bond donors (Lipinski definition) is 4. The predicted octanol–water partition coefficient (Wildman–Crippen LogP) is 3.28. The van der Waals surface area contributed by atoms with Gasteiger partial charge in [-0.1, -0.05) is 41.9 Å². The molecule has 3 amide bonds. The zero-order chi connectivity index (χ0) is 28.4. The van der Waals surface area contributed by atoms with Crippen LogP contribution in [0.4, 0.5) is 15.8 Å². The first-order valence-corrected chi connectivity index (χ1v) is 11.8. The van der Waals surface area contributed by atoms with Crippen molar-refractivity contribution in [3.8, 4) is 0 Å². The maximum Gasteiger partial charge on any atom is 0.251 e. The summed E-state index contributed by atoms with van der Waals surface area (Å²) in [5, 5.41) is 13.8. The van der Waals surface area contributed by atoms with E-state index in [-0.39, 0.29) is 17.7 Å². The molecule has 200 valence electrons. The maximum absolute atomic E-state index is 14.2. The normalized spacial score (nSPS) is 11.8. The highest BCUT2D eigenvalue weighted by atomic mass is 35.5. The third-order valence-corrected chi connectivity index (χ3v) is 5.59. The summed E-state index contributed by atoms with van der Waals surface area (Å²) in [5.74, 6) is 2.97. The number of halogens is 2. The molecule has 6 N–H and O–H groups in total. The summed E-state index contributed by atoms with van der Waals surface area (Å²) in [6, 6.07) is 16.3. The summed E-state index contributed by atoms with van der Waals surface area (Å²) in [7, 11) is 0. The van der Waals surface area contributed by atoms with Gasteiger partial charge in [0.1, 0.15) is 18.2 Å². The molecule has 0 aliphatic heterocycles. The molecule has 39 heavy (non-hydrogen) atoms. The van der Waals surface area contributed by atoms with Crippen molar-refractivity contribution in [2.45, 2.75) is 12.5 Å². The second kappa shape index (κ2) is 13.6. The fraction of sp³-hybridized carbons (Fsp3) is 0.0741. The fourth-order valence-electron chi connectivity index (χ4n) is 3.51. The largest absolute Gasteiger partial charge is 0.366 e. The molecule has 12 heteroatoms. The van der Waals surface area contributed by atoms with Crippen LogP contribution in [0.5, 0.6) is 0 Å². The highest BCUT2D eigenvalue weighted by molar-refractivity contribution is 6.30. The monoisotopic (exact) mass is 549 g/mol. The van der Waals surface area contributed by atoms with Gasteiger partial charge in [-0.3, -0.25) is 19.4 Å². The van der Waals surface area contributed by atoms with Crippen LogP contribution in [0.15, 0.2) is 83.0 Å². The molecule has 0 bridgehead atoms. The van der Waals surface area contributed by atoms with Gasteiger partial charge in [0.05, 0.1) is 11.3 Å². The van der Waals surface area contributed by atoms with Gasteiger partial charge < -0.3 is 16.4 Å². The van der Waals surface area contributed by atoms with Crippen LogP contribution in [-0.4, -0.2) is 36.8 Å². The summed E-state index contributed by atoms with van der Waals surface area (Å²) < 4.78 is 14.2. The van der Waals surface area contributed by atoms with Crippen molar-refractivity contribution in [2.75, 3.05) is 10.3 Å². The highest BCUT2D eigenvalue weighted by Gasteiger charge is 2.21. The van der Waals surface area contributed by atoms with E-state index in [2.05, 4.69) is 27.6 Å². The average molecular weight is 550 g/mol. The van der Waals surface area contributed by atoms with E-state index in [1.165, 1.54) is 35.6 Å². The SMILES string of the molecule is C=N/N=C\N(N)c1ccc(Cl)cc1/C=C/C(=O)N[C@@H](Cc1ccccc1)C(=O)Nc1ccc(C(N)=O)c(F)c1. The van der Waals surface area contributed by atoms with E-state index in [0.29, 0.717) is 16.3 Å². The second-order valence-electron chi connectivity index (χ2n) is 8.12. The maximum atomic E-state index is 14.2. The molecule has 0 saturated carbocycles. The molecule has 0 aliphatic rings. The van der Waals surface area contributed by atoms with Gasteiger partial charge in [-0.05, 0) is 48.0 Å². The molecule has 0 heterocycles. The zero-order valence-corrected chi connectivity index (χ0v) is 21.3. The van der Waals surface area contributed by atoms with Crippen LogP contribution in [0, 0.1) is 5.82 Å². The highest BCUT2D eigenvalue weighted by Crippen LogP contribution is 2.24. The van der Waals surface area contributed by atoms with Crippen molar-refractivity contribution in [1.29, 1.82) is 0 Å². The molecule has 0 unspecified atom stereocenters. The number of hydrazine groups is 1. The zero-order valence-electron chi connectivity index (χ0n) is 20.6. The summed E-state index contributed by atoms with van der Waals surface area (Å²) in [4.78, 5) is 37.3.